The first-order valence-electron chi connectivity index (χ1n) is 16.9. The quantitative estimate of drug-likeness (QED) is 0.176. The molecule has 0 unspecified atom stereocenters. The average Bonchev–Trinajstić information content (AvgIpc) is 3.16. The van der Waals surface area contributed by atoms with Crippen molar-refractivity contribution in [1.82, 2.24) is 20.1 Å². The molecule has 8 nitrogen and oxygen atoms in total. The molecule has 6 rings (SSSR count). The lowest BCUT2D eigenvalue weighted by molar-refractivity contribution is -0.137. The van der Waals surface area contributed by atoms with Crippen LogP contribution in [0.4, 0.5) is 19.0 Å². The fourth-order valence-electron chi connectivity index (χ4n) is 6.33. The first-order valence-corrected chi connectivity index (χ1v) is 16.9. The van der Waals surface area contributed by atoms with E-state index in [1.807, 2.05) is 35.2 Å². The molecule has 5 aromatic rings. The fourth-order valence-corrected chi connectivity index (χ4v) is 6.33. The van der Waals surface area contributed by atoms with Crippen LogP contribution in [-0.4, -0.2) is 72.3 Å². The van der Waals surface area contributed by atoms with Gasteiger partial charge in [-0.1, -0.05) is 67.6 Å². The molecule has 11 heteroatoms. The number of amides is 3. The Kier molecular flexibility index (Phi) is 10.5. The van der Waals surface area contributed by atoms with Crippen molar-refractivity contribution < 1.29 is 27.6 Å². The second-order valence-corrected chi connectivity index (χ2v) is 12.5. The van der Waals surface area contributed by atoms with Crippen LogP contribution >= 0.6 is 0 Å². The Morgan fingerprint density at radius 2 is 1.53 bits per heavy atom. The highest BCUT2D eigenvalue weighted by Crippen LogP contribution is 2.32. The number of hydrogen-bond acceptors (Lipinski definition) is 5. The summed E-state index contributed by atoms with van der Waals surface area (Å²) in [5, 5.41) is 3.63. The van der Waals surface area contributed by atoms with E-state index in [0.29, 0.717) is 57.6 Å². The van der Waals surface area contributed by atoms with Crippen LogP contribution in [0.15, 0.2) is 109 Å². The molecule has 0 saturated carbocycles. The Bertz CT molecular complexity index is 2030. The van der Waals surface area contributed by atoms with Gasteiger partial charge in [0.05, 0.1) is 11.1 Å². The number of carbonyl (C=O) groups is 3. The number of pyridine rings is 1. The van der Waals surface area contributed by atoms with Crippen molar-refractivity contribution in [2.75, 3.05) is 44.7 Å². The van der Waals surface area contributed by atoms with Crippen molar-refractivity contribution in [3.05, 3.63) is 131 Å². The molecule has 3 amide bonds. The van der Waals surface area contributed by atoms with Gasteiger partial charge in [-0.05, 0) is 78.2 Å². The summed E-state index contributed by atoms with van der Waals surface area (Å²) in [6.07, 6.45) is -3.41. The normalized spacial score (nSPS) is 14.3. The summed E-state index contributed by atoms with van der Waals surface area (Å²) in [5.41, 5.74) is 2.10. The molecule has 0 bridgehead atoms. The number of halogens is 3. The van der Waals surface area contributed by atoms with E-state index in [4.69, 9.17) is 0 Å². The van der Waals surface area contributed by atoms with Crippen molar-refractivity contribution in [2.24, 2.45) is 0 Å². The maximum atomic E-state index is 13.8. The lowest BCUT2D eigenvalue weighted by Gasteiger charge is -2.36. The van der Waals surface area contributed by atoms with E-state index < -0.39 is 29.6 Å². The molecule has 262 valence electrons. The molecule has 1 aliphatic rings. The summed E-state index contributed by atoms with van der Waals surface area (Å²) in [7, 11) is 1.58. The first kappa shape index (κ1) is 35.3. The van der Waals surface area contributed by atoms with Gasteiger partial charge in [-0.25, -0.2) is 4.98 Å². The number of fused-ring (bicyclic) bond motifs is 1. The lowest BCUT2D eigenvalue weighted by atomic mass is 9.98. The van der Waals surface area contributed by atoms with Gasteiger partial charge in [-0.3, -0.25) is 24.2 Å². The minimum absolute atomic E-state index is 0.148. The predicted octanol–water partition coefficient (Wildman–Crippen LogP) is 7.22. The molecule has 1 aliphatic heterocycles. The topological polar surface area (TPSA) is 85.8 Å². The second-order valence-electron chi connectivity index (χ2n) is 12.5. The van der Waals surface area contributed by atoms with Gasteiger partial charge >= 0.3 is 6.18 Å². The number of hydrogen-bond donors (Lipinski definition) is 1. The molecule has 51 heavy (non-hydrogen) atoms. The smallest absolute Gasteiger partial charge is 0.338 e. The Morgan fingerprint density at radius 3 is 2.22 bits per heavy atom. The first-order chi connectivity index (χ1) is 24.5. The summed E-state index contributed by atoms with van der Waals surface area (Å²) in [6, 6.07) is 28.2. The summed E-state index contributed by atoms with van der Waals surface area (Å²) >= 11 is 0. The molecule has 0 aliphatic carbocycles. The highest BCUT2D eigenvalue weighted by Gasteiger charge is 2.31. The average molecular weight is 694 g/mol. The number of carbonyl (C=O) groups excluding carboxylic acids is 3. The summed E-state index contributed by atoms with van der Waals surface area (Å²) in [4.78, 5) is 51.3. The van der Waals surface area contributed by atoms with Gasteiger partial charge in [-0.2, -0.15) is 13.2 Å². The van der Waals surface area contributed by atoms with Crippen LogP contribution in [0.1, 0.15) is 51.2 Å². The third kappa shape index (κ3) is 7.94. The van der Waals surface area contributed by atoms with Gasteiger partial charge in [0.1, 0.15) is 11.9 Å². The van der Waals surface area contributed by atoms with Crippen molar-refractivity contribution >= 4 is 34.4 Å². The summed E-state index contributed by atoms with van der Waals surface area (Å²) < 4.78 is 39.4. The maximum absolute atomic E-state index is 13.8. The fraction of sp³-hybridized carbons (Fsp3) is 0.250. The van der Waals surface area contributed by atoms with E-state index in [0.717, 1.165) is 38.2 Å². The lowest BCUT2D eigenvalue weighted by Crippen LogP contribution is -2.52. The number of piperazine rings is 1. The monoisotopic (exact) mass is 693 g/mol. The van der Waals surface area contributed by atoms with Crippen molar-refractivity contribution in [3.8, 4) is 11.1 Å². The molecular formula is C40H38F3N5O3. The molecule has 1 atom stereocenters. The third-order valence-electron chi connectivity index (χ3n) is 9.14. The molecule has 1 N–H and O–H groups in total. The Morgan fingerprint density at radius 1 is 0.843 bits per heavy atom. The molecule has 4 aromatic carbocycles. The molecule has 1 fully saturated rings. The number of benzene rings is 4. The van der Waals surface area contributed by atoms with E-state index in [-0.39, 0.29) is 5.91 Å². The van der Waals surface area contributed by atoms with E-state index >= 15 is 0 Å². The Labute approximate surface area is 294 Å². The number of nitrogens with one attached hydrogen (secondary N) is 1. The van der Waals surface area contributed by atoms with E-state index in [2.05, 4.69) is 22.1 Å². The van der Waals surface area contributed by atoms with Gasteiger partial charge in [-0.15, -0.1) is 0 Å². The molecular weight excluding hydrogens is 655 g/mol. The maximum Gasteiger partial charge on any atom is 0.416 e. The standard InChI is InChI=1S/C40H38F3N5O3/c1-3-21-47-22-24-48(25-23-47)39(51)36(28-9-5-4-6-10-28)45-37(49)30-15-19-34-29(26-30)16-20-35(44-34)46(2)38(50)33-12-8-7-11-32(33)27-13-17-31(18-14-27)40(41,42)43/h4-20,26,36H,3,21-25H2,1-2H3,(H,45,49)/t36-/m0/s1. The SMILES string of the molecule is CCCN1CCN(C(=O)[C@@H](NC(=O)c2ccc3nc(N(C)C(=O)c4ccccc4-c4ccc(C(F)(F)F)cc4)ccc3c2)c2ccccc2)CC1. The van der Waals surface area contributed by atoms with Crippen LogP contribution < -0.4 is 10.2 Å². The number of alkyl halides is 3. The third-order valence-corrected chi connectivity index (χ3v) is 9.14. The Balaban J connectivity index is 1.19. The zero-order valence-electron chi connectivity index (χ0n) is 28.4. The van der Waals surface area contributed by atoms with Crippen molar-refractivity contribution in [2.45, 2.75) is 25.6 Å². The van der Waals surface area contributed by atoms with Gasteiger partial charge < -0.3 is 10.2 Å². The summed E-state index contributed by atoms with van der Waals surface area (Å²) in [5.74, 6) is -0.595. The van der Waals surface area contributed by atoms with Crippen molar-refractivity contribution in [3.63, 3.8) is 0 Å². The van der Waals surface area contributed by atoms with Crippen molar-refractivity contribution in [1.29, 1.82) is 0 Å². The van der Waals surface area contributed by atoms with Crippen LogP contribution in [0.5, 0.6) is 0 Å². The molecule has 0 radical (unpaired) electrons. The number of nitrogens with zero attached hydrogens (tertiary/aromatic N) is 4. The molecule has 2 heterocycles. The minimum Gasteiger partial charge on any atom is -0.338 e. The van der Waals surface area contributed by atoms with Gasteiger partial charge in [0, 0.05) is 49.7 Å². The van der Waals surface area contributed by atoms with Gasteiger partial charge in [0.25, 0.3) is 11.8 Å². The van der Waals surface area contributed by atoms with E-state index in [1.165, 1.54) is 17.0 Å². The van der Waals surface area contributed by atoms with Gasteiger partial charge in [0.2, 0.25) is 5.91 Å². The van der Waals surface area contributed by atoms with E-state index in [9.17, 15) is 27.6 Å². The number of aromatic nitrogens is 1. The van der Waals surface area contributed by atoms with Crippen LogP contribution in [0.25, 0.3) is 22.0 Å². The number of rotatable bonds is 9. The zero-order chi connectivity index (χ0) is 36.1. The Hall–Kier alpha value is -5.55. The minimum atomic E-state index is -4.46. The molecule has 1 aromatic heterocycles. The number of anilines is 1. The second kappa shape index (κ2) is 15.1. The molecule has 0 spiro atoms. The zero-order valence-corrected chi connectivity index (χ0v) is 28.4. The predicted molar refractivity (Wildman–Crippen MR) is 191 cm³/mol. The van der Waals surface area contributed by atoms with Gasteiger partial charge in [0.15, 0.2) is 0 Å². The largest absolute Gasteiger partial charge is 0.416 e. The highest BCUT2D eigenvalue weighted by molar-refractivity contribution is 6.10. The van der Waals surface area contributed by atoms with Crippen LogP contribution in [0.2, 0.25) is 0 Å². The summed E-state index contributed by atoms with van der Waals surface area (Å²) in [6.45, 7) is 5.91. The highest BCUT2D eigenvalue weighted by atomic mass is 19.4. The van der Waals surface area contributed by atoms with Crippen LogP contribution in [0.3, 0.4) is 0 Å². The van der Waals surface area contributed by atoms with Crippen LogP contribution in [0, 0.1) is 0 Å². The molecule has 1 saturated heterocycles. The van der Waals surface area contributed by atoms with E-state index in [1.54, 1.807) is 61.6 Å². The van der Waals surface area contributed by atoms with Crippen LogP contribution in [-0.2, 0) is 11.0 Å².